The third-order valence-corrected chi connectivity index (χ3v) is 6.87. The first-order valence-electron chi connectivity index (χ1n) is 9.47. The number of aromatic nitrogens is 2. The van der Waals surface area contributed by atoms with Crippen LogP contribution in [0.15, 0.2) is 41.0 Å². The lowest BCUT2D eigenvalue weighted by molar-refractivity contribution is -0.120. The zero-order valence-corrected chi connectivity index (χ0v) is 17.6. The van der Waals surface area contributed by atoms with Gasteiger partial charge < -0.3 is 10.1 Å². The largest absolute Gasteiger partial charge is 0.376 e. The third-order valence-electron chi connectivity index (χ3n) is 4.88. The van der Waals surface area contributed by atoms with E-state index in [1.165, 1.54) is 17.3 Å². The van der Waals surface area contributed by atoms with Gasteiger partial charge in [0.05, 0.1) is 16.7 Å². The predicted octanol–water partition coefficient (Wildman–Crippen LogP) is 4.44. The Labute approximate surface area is 172 Å². The van der Waals surface area contributed by atoms with Crippen LogP contribution in [0.1, 0.15) is 25.3 Å². The minimum absolute atomic E-state index is 0.0133. The van der Waals surface area contributed by atoms with Crippen molar-refractivity contribution in [2.45, 2.75) is 43.1 Å². The molecule has 1 aliphatic rings. The van der Waals surface area contributed by atoms with E-state index >= 15 is 0 Å². The van der Waals surface area contributed by atoms with Gasteiger partial charge in [-0.3, -0.25) is 4.79 Å². The third kappa shape index (κ3) is 4.21. The summed E-state index contributed by atoms with van der Waals surface area (Å²) in [5.41, 5.74) is 3.49. The first-order chi connectivity index (χ1) is 13.6. The van der Waals surface area contributed by atoms with Crippen LogP contribution >= 0.6 is 23.1 Å². The Balaban J connectivity index is 1.53. The Bertz CT molecular complexity index is 965. The van der Waals surface area contributed by atoms with E-state index in [1.54, 1.807) is 17.7 Å². The van der Waals surface area contributed by atoms with E-state index < -0.39 is 0 Å². The second-order valence-corrected chi connectivity index (χ2v) is 9.20. The number of amides is 1. The van der Waals surface area contributed by atoms with E-state index in [2.05, 4.69) is 51.9 Å². The monoisotopic (exact) mass is 413 g/mol. The van der Waals surface area contributed by atoms with Crippen LogP contribution in [0.3, 0.4) is 0 Å². The average Bonchev–Trinajstić information content (AvgIpc) is 3.37. The Morgan fingerprint density at radius 3 is 2.93 bits per heavy atom. The summed E-state index contributed by atoms with van der Waals surface area (Å²) in [6.07, 6.45) is 3.82. The van der Waals surface area contributed by atoms with Gasteiger partial charge in [-0.05, 0) is 32.3 Å². The van der Waals surface area contributed by atoms with Crippen LogP contribution in [0.25, 0.3) is 21.3 Å². The Morgan fingerprint density at radius 2 is 2.18 bits per heavy atom. The number of rotatable bonds is 6. The van der Waals surface area contributed by atoms with Gasteiger partial charge >= 0.3 is 0 Å². The molecule has 2 atom stereocenters. The van der Waals surface area contributed by atoms with Gasteiger partial charge in [0.2, 0.25) is 5.91 Å². The van der Waals surface area contributed by atoms with Gasteiger partial charge in [0.1, 0.15) is 16.2 Å². The molecule has 3 heterocycles. The van der Waals surface area contributed by atoms with Gasteiger partial charge in [-0.15, -0.1) is 11.3 Å². The summed E-state index contributed by atoms with van der Waals surface area (Å²) in [7, 11) is 0. The van der Waals surface area contributed by atoms with E-state index in [1.807, 2.05) is 6.92 Å². The minimum Gasteiger partial charge on any atom is -0.376 e. The molecule has 1 N–H and O–H groups in total. The summed E-state index contributed by atoms with van der Waals surface area (Å²) in [5.74, 6) is 0.0133. The number of carbonyl (C=O) groups is 1. The molecule has 1 aliphatic heterocycles. The summed E-state index contributed by atoms with van der Waals surface area (Å²) < 4.78 is 5.58. The van der Waals surface area contributed by atoms with Gasteiger partial charge in [0.25, 0.3) is 0 Å². The summed E-state index contributed by atoms with van der Waals surface area (Å²) in [4.78, 5) is 22.4. The molecule has 1 amide bonds. The van der Waals surface area contributed by atoms with Crippen molar-refractivity contribution in [2.24, 2.45) is 0 Å². The highest BCUT2D eigenvalue weighted by Crippen LogP contribution is 2.39. The van der Waals surface area contributed by atoms with E-state index in [-0.39, 0.29) is 17.3 Å². The van der Waals surface area contributed by atoms with Crippen molar-refractivity contribution in [3.63, 3.8) is 0 Å². The minimum atomic E-state index is -0.245. The smallest absolute Gasteiger partial charge is 0.233 e. The van der Waals surface area contributed by atoms with Crippen molar-refractivity contribution in [1.82, 2.24) is 15.3 Å². The maximum absolute atomic E-state index is 12.5. The zero-order valence-electron chi connectivity index (χ0n) is 16.0. The first kappa shape index (κ1) is 19.4. The van der Waals surface area contributed by atoms with E-state index in [0.29, 0.717) is 6.54 Å². The van der Waals surface area contributed by atoms with Crippen molar-refractivity contribution < 1.29 is 9.53 Å². The highest BCUT2D eigenvalue weighted by molar-refractivity contribution is 8.00. The maximum Gasteiger partial charge on any atom is 0.233 e. The lowest BCUT2D eigenvalue weighted by Crippen LogP contribution is -2.36. The molecule has 2 unspecified atom stereocenters. The summed E-state index contributed by atoms with van der Waals surface area (Å²) in [6.45, 7) is 5.37. The quantitative estimate of drug-likeness (QED) is 0.478. The SMILES string of the molecule is Cc1ccc(-c2csc3ncnc(SC(C)C(=O)NCC4CCCO4)c23)cc1. The highest BCUT2D eigenvalue weighted by Gasteiger charge is 2.22. The predicted molar refractivity (Wildman–Crippen MR) is 115 cm³/mol. The number of benzene rings is 1. The van der Waals surface area contributed by atoms with Crippen molar-refractivity contribution in [3.05, 3.63) is 41.5 Å². The molecule has 0 bridgehead atoms. The Morgan fingerprint density at radius 1 is 1.36 bits per heavy atom. The van der Waals surface area contributed by atoms with Crippen LogP contribution in [-0.2, 0) is 9.53 Å². The molecule has 1 aromatic carbocycles. The first-order valence-corrected chi connectivity index (χ1v) is 11.2. The lowest BCUT2D eigenvalue weighted by Gasteiger charge is -2.15. The number of carbonyl (C=O) groups excluding carboxylic acids is 1. The molecule has 5 nitrogen and oxygen atoms in total. The summed E-state index contributed by atoms with van der Waals surface area (Å²) in [5, 5.41) is 6.77. The number of thiophene rings is 1. The highest BCUT2D eigenvalue weighted by atomic mass is 32.2. The number of aryl methyl sites for hydroxylation is 1. The normalized spacial score (nSPS) is 17.7. The molecule has 0 aliphatic carbocycles. The number of hydrogen-bond donors (Lipinski definition) is 1. The van der Waals surface area contributed by atoms with Crippen LogP contribution in [0.2, 0.25) is 0 Å². The number of nitrogens with zero attached hydrogens (tertiary/aromatic N) is 2. The van der Waals surface area contributed by atoms with Crippen molar-refractivity contribution in [2.75, 3.05) is 13.2 Å². The fourth-order valence-electron chi connectivity index (χ4n) is 3.27. The molecule has 0 radical (unpaired) electrons. The molecule has 1 fully saturated rings. The fourth-order valence-corrected chi connectivity index (χ4v) is 5.21. The second kappa shape index (κ2) is 8.59. The van der Waals surface area contributed by atoms with Crippen molar-refractivity contribution in [1.29, 1.82) is 0 Å². The van der Waals surface area contributed by atoms with Gasteiger partial charge in [0.15, 0.2) is 0 Å². The van der Waals surface area contributed by atoms with E-state index in [9.17, 15) is 4.79 Å². The molecule has 3 aromatic rings. The van der Waals surface area contributed by atoms with Crippen LogP contribution in [0.5, 0.6) is 0 Å². The van der Waals surface area contributed by atoms with Crippen LogP contribution in [-0.4, -0.2) is 40.4 Å². The van der Waals surface area contributed by atoms with Crippen molar-refractivity contribution >= 4 is 39.2 Å². The maximum atomic E-state index is 12.5. The van der Waals surface area contributed by atoms with Gasteiger partial charge in [-0.1, -0.05) is 41.6 Å². The number of fused-ring (bicyclic) bond motifs is 1. The molecular weight excluding hydrogens is 390 g/mol. The van der Waals surface area contributed by atoms with E-state index in [0.717, 1.165) is 45.8 Å². The standard InChI is InChI=1S/C21H23N3O2S2/c1-13-5-7-15(8-6-13)17-11-27-20-18(17)21(24-12-23-20)28-14(2)19(25)22-10-16-4-3-9-26-16/h5-8,11-12,14,16H,3-4,9-10H2,1-2H3,(H,22,25). The molecule has 0 spiro atoms. The average molecular weight is 414 g/mol. The number of ether oxygens (including phenoxy) is 1. The molecule has 0 saturated carbocycles. The van der Waals surface area contributed by atoms with E-state index in [4.69, 9.17) is 4.74 Å². The van der Waals surface area contributed by atoms with Gasteiger partial charge in [-0.25, -0.2) is 9.97 Å². The topological polar surface area (TPSA) is 64.1 Å². The molecule has 2 aromatic heterocycles. The molecule has 28 heavy (non-hydrogen) atoms. The number of nitrogens with one attached hydrogen (secondary N) is 1. The molecule has 1 saturated heterocycles. The Hall–Kier alpha value is -1.96. The number of hydrogen-bond acceptors (Lipinski definition) is 6. The van der Waals surface area contributed by atoms with Crippen LogP contribution < -0.4 is 5.32 Å². The fraction of sp³-hybridized carbons (Fsp3) is 0.381. The van der Waals surface area contributed by atoms with Crippen LogP contribution in [0.4, 0.5) is 0 Å². The molecule has 146 valence electrons. The number of thioether (sulfide) groups is 1. The zero-order chi connectivity index (χ0) is 19.5. The summed E-state index contributed by atoms with van der Waals surface area (Å²) >= 11 is 3.09. The lowest BCUT2D eigenvalue weighted by atomic mass is 10.1. The molecular formula is C21H23N3O2S2. The Kier molecular flexibility index (Phi) is 5.94. The van der Waals surface area contributed by atoms with Crippen molar-refractivity contribution in [3.8, 4) is 11.1 Å². The summed E-state index contributed by atoms with van der Waals surface area (Å²) in [6, 6.07) is 8.46. The van der Waals surface area contributed by atoms with Gasteiger partial charge in [-0.2, -0.15) is 0 Å². The molecule has 7 heteroatoms. The second-order valence-electron chi connectivity index (χ2n) is 7.01. The molecule has 4 rings (SSSR count). The van der Waals surface area contributed by atoms with Crippen LogP contribution in [0, 0.1) is 6.92 Å². The van der Waals surface area contributed by atoms with Gasteiger partial charge in [0, 0.05) is 24.1 Å².